The van der Waals surface area contributed by atoms with E-state index in [1.165, 1.54) is 35.6 Å². The normalized spacial score (nSPS) is 10.6. The number of amides is 1. The van der Waals surface area contributed by atoms with Crippen molar-refractivity contribution in [3.05, 3.63) is 75.2 Å². The molecule has 1 N–H and O–H groups in total. The third kappa shape index (κ3) is 5.07. The molecule has 0 bridgehead atoms. The Bertz CT molecular complexity index is 1100. The zero-order chi connectivity index (χ0) is 22.5. The highest BCUT2D eigenvalue weighted by molar-refractivity contribution is 7.15. The van der Waals surface area contributed by atoms with E-state index in [0.717, 1.165) is 5.56 Å². The Labute approximate surface area is 182 Å². The van der Waals surface area contributed by atoms with Crippen LogP contribution in [0.1, 0.15) is 34.6 Å². The Morgan fingerprint density at radius 2 is 1.71 bits per heavy atom. The lowest BCUT2D eigenvalue weighted by Crippen LogP contribution is -2.16. The van der Waals surface area contributed by atoms with Gasteiger partial charge in [0.25, 0.3) is 11.6 Å². The van der Waals surface area contributed by atoms with Crippen LogP contribution in [0.2, 0.25) is 0 Å². The van der Waals surface area contributed by atoms with Gasteiger partial charge in [0.15, 0.2) is 0 Å². The predicted molar refractivity (Wildman–Crippen MR) is 118 cm³/mol. The molecule has 0 aliphatic rings. The number of benzene rings is 2. The van der Waals surface area contributed by atoms with Gasteiger partial charge in [0.1, 0.15) is 16.3 Å². The van der Waals surface area contributed by atoms with Crippen LogP contribution in [-0.4, -0.2) is 30.0 Å². The molecule has 160 valence electrons. The minimum Gasteiger partial charge on any atom is -0.497 e. The maximum absolute atomic E-state index is 12.8. The minimum absolute atomic E-state index is 0.115. The number of hydrogen-bond acceptors (Lipinski definition) is 7. The summed E-state index contributed by atoms with van der Waals surface area (Å²) >= 11 is 1.20. The number of rotatable bonds is 7. The summed E-state index contributed by atoms with van der Waals surface area (Å²) in [6.07, 6.45) is -0.339. The zero-order valence-corrected chi connectivity index (χ0v) is 17.9. The fourth-order valence-electron chi connectivity index (χ4n) is 2.82. The topological polar surface area (TPSA) is 108 Å². The molecule has 0 radical (unpaired) electrons. The van der Waals surface area contributed by atoms with E-state index in [0.29, 0.717) is 16.3 Å². The van der Waals surface area contributed by atoms with Crippen molar-refractivity contribution in [2.24, 2.45) is 0 Å². The number of thiophene rings is 1. The Morgan fingerprint density at radius 1 is 1.06 bits per heavy atom. The van der Waals surface area contributed by atoms with Gasteiger partial charge in [0, 0.05) is 28.6 Å². The summed E-state index contributed by atoms with van der Waals surface area (Å²) in [5.41, 5.74) is 1.75. The van der Waals surface area contributed by atoms with Crippen LogP contribution in [0.5, 0.6) is 5.75 Å². The number of nitro groups is 1. The molecule has 3 aromatic rings. The smallest absolute Gasteiger partial charge is 0.342 e. The number of hydrogen-bond donors (Lipinski definition) is 1. The zero-order valence-electron chi connectivity index (χ0n) is 17.1. The van der Waals surface area contributed by atoms with Crippen molar-refractivity contribution in [2.45, 2.75) is 20.0 Å². The molecule has 0 aliphatic carbocycles. The van der Waals surface area contributed by atoms with Crippen LogP contribution >= 0.6 is 11.3 Å². The summed E-state index contributed by atoms with van der Waals surface area (Å²) in [5, 5.41) is 15.6. The van der Waals surface area contributed by atoms with Gasteiger partial charge in [-0.1, -0.05) is 12.1 Å². The minimum atomic E-state index is -0.555. The van der Waals surface area contributed by atoms with Gasteiger partial charge in [-0.15, -0.1) is 11.3 Å². The van der Waals surface area contributed by atoms with Gasteiger partial charge in [-0.05, 0) is 43.7 Å². The van der Waals surface area contributed by atoms with Crippen LogP contribution in [0, 0.1) is 10.1 Å². The Hall–Kier alpha value is -3.72. The van der Waals surface area contributed by atoms with Gasteiger partial charge in [-0.25, -0.2) is 4.79 Å². The maximum atomic E-state index is 12.8. The van der Waals surface area contributed by atoms with Crippen LogP contribution in [0.4, 0.5) is 10.7 Å². The summed E-state index contributed by atoms with van der Waals surface area (Å²) < 4.78 is 10.6. The fraction of sp³-hybridized carbons (Fsp3) is 0.182. The van der Waals surface area contributed by atoms with E-state index in [1.807, 2.05) is 12.1 Å². The van der Waals surface area contributed by atoms with E-state index in [2.05, 4.69) is 5.32 Å². The van der Waals surface area contributed by atoms with E-state index < -0.39 is 16.8 Å². The summed E-state index contributed by atoms with van der Waals surface area (Å²) in [5.74, 6) is -0.366. The molecule has 31 heavy (non-hydrogen) atoms. The summed E-state index contributed by atoms with van der Waals surface area (Å²) in [4.78, 5) is 35.8. The van der Waals surface area contributed by atoms with E-state index >= 15 is 0 Å². The van der Waals surface area contributed by atoms with Gasteiger partial charge in [-0.3, -0.25) is 14.9 Å². The van der Waals surface area contributed by atoms with Crippen molar-refractivity contribution in [1.29, 1.82) is 0 Å². The number of carbonyl (C=O) groups excluding carboxylic acids is 2. The lowest BCUT2D eigenvalue weighted by molar-refractivity contribution is -0.384. The molecule has 0 fully saturated rings. The predicted octanol–water partition coefficient (Wildman–Crippen LogP) is 5.15. The van der Waals surface area contributed by atoms with Crippen molar-refractivity contribution in [3.63, 3.8) is 0 Å². The van der Waals surface area contributed by atoms with Crippen molar-refractivity contribution in [3.8, 4) is 16.9 Å². The largest absolute Gasteiger partial charge is 0.497 e. The number of ether oxygens (including phenoxy) is 2. The van der Waals surface area contributed by atoms with Gasteiger partial charge >= 0.3 is 5.97 Å². The molecule has 0 atom stereocenters. The van der Waals surface area contributed by atoms with Gasteiger partial charge in [0.05, 0.1) is 18.1 Å². The number of nitro benzene ring substituents is 1. The first-order valence-electron chi connectivity index (χ1n) is 9.33. The number of nitrogens with zero attached hydrogens (tertiary/aromatic N) is 1. The number of anilines is 1. The molecule has 8 nitrogen and oxygen atoms in total. The van der Waals surface area contributed by atoms with Crippen LogP contribution in [-0.2, 0) is 4.74 Å². The second-order valence-electron chi connectivity index (χ2n) is 6.79. The molecule has 0 unspecified atom stereocenters. The highest BCUT2D eigenvalue weighted by atomic mass is 32.1. The lowest BCUT2D eigenvalue weighted by atomic mass is 10.0. The first kappa shape index (κ1) is 22.0. The molecule has 3 rings (SSSR count). The Morgan fingerprint density at radius 3 is 2.26 bits per heavy atom. The molecular formula is C22H20N2O6S. The standard InChI is InChI=1S/C22H20N2O6S/c1-13(2)30-22(26)19-18(14-6-10-17(29-3)11-7-14)12-31-21(19)23-20(25)15-4-8-16(9-5-15)24(27)28/h4-13H,1-3H3,(H,23,25). The Kier molecular flexibility index (Phi) is 6.66. The molecule has 9 heteroatoms. The van der Waals surface area contributed by atoms with Crippen LogP contribution in [0.25, 0.3) is 11.1 Å². The fourth-order valence-corrected chi connectivity index (χ4v) is 3.77. The monoisotopic (exact) mass is 440 g/mol. The van der Waals surface area contributed by atoms with E-state index in [4.69, 9.17) is 9.47 Å². The summed E-state index contributed by atoms with van der Waals surface area (Å²) in [6, 6.07) is 12.4. The molecule has 1 aromatic heterocycles. The van der Waals surface area contributed by atoms with Crippen molar-refractivity contribution in [1.82, 2.24) is 0 Å². The number of nitrogens with one attached hydrogen (secondary N) is 1. The van der Waals surface area contributed by atoms with Crippen molar-refractivity contribution >= 4 is 33.9 Å². The molecular weight excluding hydrogens is 420 g/mol. The van der Waals surface area contributed by atoms with E-state index in [-0.39, 0.29) is 22.9 Å². The average molecular weight is 440 g/mol. The third-order valence-electron chi connectivity index (χ3n) is 4.31. The number of non-ortho nitro benzene ring substituents is 1. The van der Waals surface area contributed by atoms with E-state index in [1.54, 1.807) is 38.5 Å². The van der Waals surface area contributed by atoms with Crippen LogP contribution in [0.3, 0.4) is 0 Å². The number of methoxy groups -OCH3 is 1. The molecule has 1 amide bonds. The molecule has 0 aliphatic heterocycles. The van der Waals surface area contributed by atoms with Gasteiger partial charge in [0.2, 0.25) is 0 Å². The molecule has 0 saturated carbocycles. The first-order chi connectivity index (χ1) is 14.8. The quantitative estimate of drug-likeness (QED) is 0.309. The second kappa shape index (κ2) is 9.40. The van der Waals surface area contributed by atoms with Crippen LogP contribution < -0.4 is 10.1 Å². The molecule has 0 saturated heterocycles. The molecule has 1 heterocycles. The lowest BCUT2D eigenvalue weighted by Gasteiger charge is -2.12. The number of esters is 1. The summed E-state index contributed by atoms with van der Waals surface area (Å²) in [6.45, 7) is 3.49. The maximum Gasteiger partial charge on any atom is 0.342 e. The summed E-state index contributed by atoms with van der Waals surface area (Å²) in [7, 11) is 1.57. The molecule has 2 aromatic carbocycles. The second-order valence-corrected chi connectivity index (χ2v) is 7.67. The third-order valence-corrected chi connectivity index (χ3v) is 5.20. The average Bonchev–Trinajstić information content (AvgIpc) is 3.17. The first-order valence-corrected chi connectivity index (χ1v) is 10.2. The van der Waals surface area contributed by atoms with Crippen molar-refractivity contribution in [2.75, 3.05) is 12.4 Å². The number of carbonyl (C=O) groups is 2. The highest BCUT2D eigenvalue weighted by Crippen LogP contribution is 2.37. The SMILES string of the molecule is COc1ccc(-c2csc(NC(=O)c3ccc([N+](=O)[O-])cc3)c2C(=O)OC(C)C)cc1. The van der Waals surface area contributed by atoms with Gasteiger partial charge < -0.3 is 14.8 Å². The van der Waals surface area contributed by atoms with E-state index in [9.17, 15) is 19.7 Å². The molecule has 0 spiro atoms. The van der Waals surface area contributed by atoms with Crippen molar-refractivity contribution < 1.29 is 24.0 Å². The van der Waals surface area contributed by atoms with Gasteiger partial charge in [-0.2, -0.15) is 0 Å². The Balaban J connectivity index is 1.95. The highest BCUT2D eigenvalue weighted by Gasteiger charge is 2.24. The van der Waals surface area contributed by atoms with Crippen LogP contribution in [0.15, 0.2) is 53.9 Å².